The number of alkyl halides is 4. The molecule has 2 rings (SSSR count). The lowest BCUT2D eigenvalue weighted by molar-refractivity contribution is -0.137. The molecule has 1 nitrogen and oxygen atoms in total. The van der Waals surface area contributed by atoms with Gasteiger partial charge in [-0.25, -0.2) is 4.98 Å². The predicted octanol–water partition coefficient (Wildman–Crippen LogP) is 5.93. The molecule has 0 bridgehead atoms. The molecule has 0 N–H and O–H groups in total. The standard InChI is InChI=1S/C15H19BrF3NS/c16-10-14(7-3-1-2-4-8-14)11-21-13-6-5-12(9-20-13)15(17,18)19/h5-6,9H,1-4,7-8,10-11H2. The number of aromatic nitrogens is 1. The van der Waals surface area contributed by atoms with E-state index in [1.807, 2.05) is 0 Å². The molecule has 1 saturated carbocycles. The summed E-state index contributed by atoms with van der Waals surface area (Å²) in [5, 5.41) is 1.63. The SMILES string of the molecule is FC(F)(F)c1ccc(SCC2(CBr)CCCCCC2)nc1. The molecule has 6 heteroatoms. The first-order chi connectivity index (χ1) is 9.95. The highest BCUT2D eigenvalue weighted by atomic mass is 79.9. The lowest BCUT2D eigenvalue weighted by atomic mass is 9.85. The molecule has 0 spiro atoms. The largest absolute Gasteiger partial charge is 0.417 e. The molecule has 21 heavy (non-hydrogen) atoms. The van der Waals surface area contributed by atoms with E-state index in [1.54, 1.807) is 11.8 Å². The van der Waals surface area contributed by atoms with Crippen molar-refractivity contribution in [3.63, 3.8) is 0 Å². The zero-order chi connectivity index (χ0) is 15.3. The third-order valence-corrected chi connectivity index (χ3v) is 6.52. The predicted molar refractivity (Wildman–Crippen MR) is 83.9 cm³/mol. The van der Waals surface area contributed by atoms with Crippen LogP contribution in [0.4, 0.5) is 13.2 Å². The molecule has 1 aliphatic rings. The van der Waals surface area contributed by atoms with Crippen LogP contribution in [0.15, 0.2) is 23.4 Å². The Morgan fingerprint density at radius 2 is 1.81 bits per heavy atom. The van der Waals surface area contributed by atoms with Crippen LogP contribution in [0, 0.1) is 5.41 Å². The highest BCUT2D eigenvalue weighted by Gasteiger charge is 2.32. The normalized spacial score (nSPS) is 19.2. The van der Waals surface area contributed by atoms with Crippen LogP contribution in [0.25, 0.3) is 0 Å². The highest BCUT2D eigenvalue weighted by Crippen LogP contribution is 2.41. The van der Waals surface area contributed by atoms with Crippen molar-refractivity contribution in [3.05, 3.63) is 23.9 Å². The average Bonchev–Trinajstić information content (AvgIpc) is 2.71. The van der Waals surface area contributed by atoms with E-state index >= 15 is 0 Å². The van der Waals surface area contributed by atoms with Gasteiger partial charge in [0.05, 0.1) is 10.6 Å². The van der Waals surface area contributed by atoms with E-state index in [4.69, 9.17) is 0 Å². The first-order valence-electron chi connectivity index (χ1n) is 7.17. The minimum atomic E-state index is -4.31. The number of thioether (sulfide) groups is 1. The summed E-state index contributed by atoms with van der Waals surface area (Å²) in [6.45, 7) is 0. The Bertz CT molecular complexity index is 439. The van der Waals surface area contributed by atoms with Crippen molar-refractivity contribution in [2.24, 2.45) is 5.41 Å². The number of hydrogen-bond donors (Lipinski definition) is 0. The first-order valence-corrected chi connectivity index (χ1v) is 9.28. The zero-order valence-corrected chi connectivity index (χ0v) is 14.2. The molecular formula is C15H19BrF3NS. The fourth-order valence-electron chi connectivity index (χ4n) is 2.66. The zero-order valence-electron chi connectivity index (χ0n) is 11.8. The number of rotatable bonds is 4. The number of pyridine rings is 1. The highest BCUT2D eigenvalue weighted by molar-refractivity contribution is 9.09. The van der Waals surface area contributed by atoms with Crippen molar-refractivity contribution < 1.29 is 13.2 Å². The van der Waals surface area contributed by atoms with Gasteiger partial charge in [-0.05, 0) is 30.4 Å². The van der Waals surface area contributed by atoms with Crippen molar-refractivity contribution >= 4 is 27.7 Å². The Labute approximate surface area is 136 Å². The molecule has 0 radical (unpaired) electrons. The van der Waals surface area contributed by atoms with Gasteiger partial charge in [0.1, 0.15) is 0 Å². The Balaban J connectivity index is 1.97. The van der Waals surface area contributed by atoms with Gasteiger partial charge in [0.25, 0.3) is 0 Å². The average molecular weight is 382 g/mol. The molecule has 118 valence electrons. The maximum absolute atomic E-state index is 12.5. The van der Waals surface area contributed by atoms with Crippen LogP contribution in [-0.4, -0.2) is 16.1 Å². The van der Waals surface area contributed by atoms with E-state index in [0.717, 1.165) is 23.3 Å². The summed E-state index contributed by atoms with van der Waals surface area (Å²) >= 11 is 5.20. The van der Waals surface area contributed by atoms with Crippen molar-refractivity contribution in [2.45, 2.75) is 49.7 Å². The molecule has 0 amide bonds. The Kier molecular flexibility index (Phi) is 6.00. The second-order valence-electron chi connectivity index (χ2n) is 5.72. The van der Waals surface area contributed by atoms with Crippen molar-refractivity contribution in [2.75, 3.05) is 11.1 Å². The molecule has 0 saturated heterocycles. The molecular weight excluding hydrogens is 363 g/mol. The molecule has 1 heterocycles. The van der Waals surface area contributed by atoms with Gasteiger partial charge in [0.2, 0.25) is 0 Å². The quantitative estimate of drug-likeness (QED) is 0.364. The Morgan fingerprint density at radius 1 is 1.14 bits per heavy atom. The fraction of sp³-hybridized carbons (Fsp3) is 0.667. The lowest BCUT2D eigenvalue weighted by Gasteiger charge is -2.30. The third kappa shape index (κ3) is 4.88. The van der Waals surface area contributed by atoms with Gasteiger partial charge >= 0.3 is 6.18 Å². The lowest BCUT2D eigenvalue weighted by Crippen LogP contribution is -2.25. The molecule has 1 aliphatic carbocycles. The van der Waals surface area contributed by atoms with E-state index in [0.29, 0.717) is 5.03 Å². The van der Waals surface area contributed by atoms with E-state index in [2.05, 4.69) is 20.9 Å². The van der Waals surface area contributed by atoms with Crippen LogP contribution in [0.5, 0.6) is 0 Å². The molecule has 0 aromatic carbocycles. The minimum absolute atomic E-state index is 0.256. The van der Waals surface area contributed by atoms with Crippen LogP contribution < -0.4 is 0 Å². The molecule has 1 fully saturated rings. The second-order valence-corrected chi connectivity index (χ2v) is 7.28. The molecule has 1 aromatic heterocycles. The van der Waals surface area contributed by atoms with Crippen LogP contribution >= 0.6 is 27.7 Å². The Hall–Kier alpha value is -0.230. The monoisotopic (exact) mass is 381 g/mol. The topological polar surface area (TPSA) is 12.9 Å². The van der Waals surface area contributed by atoms with Crippen molar-refractivity contribution in [1.82, 2.24) is 4.98 Å². The summed E-state index contributed by atoms with van der Waals surface area (Å²) < 4.78 is 37.5. The van der Waals surface area contributed by atoms with E-state index in [-0.39, 0.29) is 5.41 Å². The van der Waals surface area contributed by atoms with Crippen LogP contribution in [-0.2, 0) is 6.18 Å². The van der Waals surface area contributed by atoms with E-state index < -0.39 is 11.7 Å². The van der Waals surface area contributed by atoms with E-state index in [1.165, 1.54) is 44.6 Å². The third-order valence-electron chi connectivity index (χ3n) is 4.04. The number of halogens is 4. The van der Waals surface area contributed by atoms with Gasteiger partial charge in [-0.1, -0.05) is 41.6 Å². The van der Waals surface area contributed by atoms with Crippen molar-refractivity contribution in [3.8, 4) is 0 Å². The van der Waals surface area contributed by atoms with Gasteiger partial charge in [0, 0.05) is 17.3 Å². The molecule has 0 atom stereocenters. The molecule has 0 aliphatic heterocycles. The fourth-order valence-corrected chi connectivity index (χ4v) is 4.81. The maximum Gasteiger partial charge on any atom is 0.417 e. The van der Waals surface area contributed by atoms with Crippen LogP contribution in [0.2, 0.25) is 0 Å². The van der Waals surface area contributed by atoms with Gasteiger partial charge in [-0.3, -0.25) is 0 Å². The minimum Gasteiger partial charge on any atom is -0.249 e. The summed E-state index contributed by atoms with van der Waals surface area (Å²) in [5.74, 6) is 0.913. The second kappa shape index (κ2) is 7.36. The first kappa shape index (κ1) is 17.1. The van der Waals surface area contributed by atoms with Gasteiger partial charge < -0.3 is 0 Å². The molecule has 1 aromatic rings. The molecule has 0 unspecified atom stereocenters. The summed E-state index contributed by atoms with van der Waals surface area (Å²) in [4.78, 5) is 3.95. The van der Waals surface area contributed by atoms with Gasteiger partial charge in [0.15, 0.2) is 0 Å². The summed E-state index contributed by atoms with van der Waals surface area (Å²) in [6, 6.07) is 2.59. The number of nitrogens with zero attached hydrogens (tertiary/aromatic N) is 1. The van der Waals surface area contributed by atoms with Crippen LogP contribution in [0.1, 0.15) is 44.1 Å². The van der Waals surface area contributed by atoms with E-state index in [9.17, 15) is 13.2 Å². The summed E-state index contributed by atoms with van der Waals surface area (Å²) in [6.07, 6.45) is 4.05. The van der Waals surface area contributed by atoms with Gasteiger partial charge in [-0.15, -0.1) is 11.8 Å². The van der Waals surface area contributed by atoms with Crippen LogP contribution in [0.3, 0.4) is 0 Å². The summed E-state index contributed by atoms with van der Waals surface area (Å²) in [7, 11) is 0. The number of hydrogen-bond acceptors (Lipinski definition) is 2. The van der Waals surface area contributed by atoms with Gasteiger partial charge in [-0.2, -0.15) is 13.2 Å². The maximum atomic E-state index is 12.5. The smallest absolute Gasteiger partial charge is 0.249 e. The summed E-state index contributed by atoms with van der Waals surface area (Å²) in [5.41, 5.74) is -0.428. The van der Waals surface area contributed by atoms with Crippen molar-refractivity contribution in [1.29, 1.82) is 0 Å². The Morgan fingerprint density at radius 3 is 2.29 bits per heavy atom.